The fraction of sp³-hybridized carbons (Fsp3) is 0.273. The maximum Gasteiger partial charge on any atom is 0.272 e. The molecule has 0 saturated carbocycles. The number of hydrogen-bond donors (Lipinski definition) is 0. The molecule has 0 unspecified atom stereocenters. The molecule has 0 bridgehead atoms. The first-order valence-corrected chi connectivity index (χ1v) is 10.1. The van der Waals surface area contributed by atoms with Crippen molar-refractivity contribution < 1.29 is 19.1 Å². The number of nitrogens with zero attached hydrogens (tertiary/aromatic N) is 1. The Hall–Kier alpha value is -2.73. The molecule has 0 radical (unpaired) electrons. The minimum absolute atomic E-state index is 0.0832. The number of benzene rings is 2. The molecule has 0 aromatic heterocycles. The van der Waals surface area contributed by atoms with Gasteiger partial charge < -0.3 is 9.47 Å². The summed E-state index contributed by atoms with van der Waals surface area (Å²) in [5.74, 6) is 1.02. The van der Waals surface area contributed by atoms with Crippen molar-refractivity contribution in [1.82, 2.24) is 0 Å². The molecule has 2 aromatic carbocycles. The molecule has 0 saturated heterocycles. The van der Waals surface area contributed by atoms with Gasteiger partial charge in [0.05, 0.1) is 29.4 Å². The second-order valence-electron chi connectivity index (χ2n) is 6.42. The van der Waals surface area contributed by atoms with Crippen LogP contribution in [0.2, 0.25) is 0 Å². The highest BCUT2D eigenvalue weighted by Gasteiger charge is 2.42. The number of ether oxygens (including phenoxy) is 2. The number of hydrogen-bond acceptors (Lipinski definition) is 5. The number of imide groups is 1. The lowest BCUT2D eigenvalue weighted by atomic mass is 10.0. The first kappa shape index (κ1) is 20.0. The predicted molar refractivity (Wildman–Crippen MR) is 113 cm³/mol. The van der Waals surface area contributed by atoms with Gasteiger partial charge >= 0.3 is 0 Å². The Kier molecular flexibility index (Phi) is 6.09. The van der Waals surface area contributed by atoms with Gasteiger partial charge in [-0.2, -0.15) is 0 Å². The normalized spacial score (nSPS) is 14.2. The van der Waals surface area contributed by atoms with Gasteiger partial charge in [0.15, 0.2) is 0 Å². The molecular weight excluding hydrogens is 374 g/mol. The summed E-state index contributed by atoms with van der Waals surface area (Å²) in [6.07, 6.45) is -0.0832. The van der Waals surface area contributed by atoms with Crippen LogP contribution in [-0.2, 0) is 9.59 Å². The number of methoxy groups -OCH3 is 1. The van der Waals surface area contributed by atoms with Crippen LogP contribution in [0.3, 0.4) is 0 Å². The molecule has 28 heavy (non-hydrogen) atoms. The SMILES string of the molecule is CCSC1=C(c2ccccc2OC)C(=O)N(c2ccccc2OC(C)C)C1=O. The van der Waals surface area contributed by atoms with Crippen LogP contribution in [-0.4, -0.2) is 30.8 Å². The van der Waals surface area contributed by atoms with Gasteiger partial charge in [0.25, 0.3) is 11.8 Å². The Bertz CT molecular complexity index is 936. The molecule has 6 heteroatoms. The van der Waals surface area contributed by atoms with Gasteiger partial charge in [0.1, 0.15) is 11.5 Å². The first-order valence-electron chi connectivity index (χ1n) is 9.14. The summed E-state index contributed by atoms with van der Waals surface area (Å²) in [6, 6.07) is 14.4. The van der Waals surface area contributed by atoms with E-state index in [9.17, 15) is 9.59 Å². The van der Waals surface area contributed by atoms with Gasteiger partial charge in [0.2, 0.25) is 0 Å². The molecule has 0 atom stereocenters. The van der Waals surface area contributed by atoms with Gasteiger partial charge in [-0.3, -0.25) is 9.59 Å². The number of carbonyl (C=O) groups excluding carboxylic acids is 2. The van der Waals surface area contributed by atoms with Crippen molar-refractivity contribution in [2.75, 3.05) is 17.8 Å². The summed E-state index contributed by atoms with van der Waals surface area (Å²) < 4.78 is 11.3. The second-order valence-corrected chi connectivity index (χ2v) is 7.69. The molecule has 0 fully saturated rings. The standard InChI is InChI=1S/C22H23NO4S/c1-5-28-20-19(15-10-6-8-12-17(15)26-4)21(24)23(22(20)25)16-11-7-9-13-18(16)27-14(2)3/h6-14H,5H2,1-4H3. The summed E-state index contributed by atoms with van der Waals surface area (Å²) >= 11 is 1.36. The van der Waals surface area contributed by atoms with Crippen molar-refractivity contribution in [3.8, 4) is 11.5 Å². The molecule has 1 heterocycles. The highest BCUT2D eigenvalue weighted by Crippen LogP contribution is 2.43. The summed E-state index contributed by atoms with van der Waals surface area (Å²) in [5, 5.41) is 0. The fourth-order valence-corrected chi connectivity index (χ4v) is 3.94. The van der Waals surface area contributed by atoms with Gasteiger partial charge in [-0.25, -0.2) is 4.90 Å². The number of amides is 2. The van der Waals surface area contributed by atoms with Gasteiger partial charge in [-0.1, -0.05) is 37.3 Å². The van der Waals surface area contributed by atoms with E-state index in [0.29, 0.717) is 39.0 Å². The van der Waals surface area contributed by atoms with Gasteiger partial charge in [-0.15, -0.1) is 11.8 Å². The third kappa shape index (κ3) is 3.64. The zero-order valence-corrected chi connectivity index (χ0v) is 17.2. The van der Waals surface area contributed by atoms with Crippen molar-refractivity contribution in [3.63, 3.8) is 0 Å². The Morgan fingerprint density at radius 2 is 1.61 bits per heavy atom. The Labute approximate surface area is 169 Å². The summed E-state index contributed by atoms with van der Waals surface area (Å²) in [4.78, 5) is 28.3. The number of thioether (sulfide) groups is 1. The largest absolute Gasteiger partial charge is 0.496 e. The van der Waals surface area contributed by atoms with Crippen LogP contribution in [0.25, 0.3) is 5.57 Å². The summed E-state index contributed by atoms with van der Waals surface area (Å²) in [6.45, 7) is 5.76. The van der Waals surface area contributed by atoms with E-state index in [4.69, 9.17) is 9.47 Å². The molecule has 1 aliphatic rings. The maximum absolute atomic E-state index is 13.4. The molecule has 5 nitrogen and oxygen atoms in total. The topological polar surface area (TPSA) is 55.8 Å². The lowest BCUT2D eigenvalue weighted by Gasteiger charge is -2.20. The zero-order chi connectivity index (χ0) is 20.3. The van der Waals surface area contributed by atoms with Crippen molar-refractivity contribution in [3.05, 3.63) is 59.0 Å². The van der Waals surface area contributed by atoms with E-state index in [1.165, 1.54) is 16.7 Å². The van der Waals surface area contributed by atoms with E-state index in [2.05, 4.69) is 0 Å². The molecule has 1 aliphatic heterocycles. The van der Waals surface area contributed by atoms with E-state index < -0.39 is 0 Å². The van der Waals surface area contributed by atoms with Crippen molar-refractivity contribution >= 4 is 34.8 Å². The molecule has 0 spiro atoms. The molecule has 2 aromatic rings. The Morgan fingerprint density at radius 1 is 0.964 bits per heavy atom. The molecular formula is C22H23NO4S. The summed E-state index contributed by atoms with van der Waals surface area (Å²) in [7, 11) is 1.55. The van der Waals surface area contributed by atoms with Crippen LogP contribution in [0.4, 0.5) is 5.69 Å². The van der Waals surface area contributed by atoms with Crippen LogP contribution in [0, 0.1) is 0 Å². The lowest BCUT2D eigenvalue weighted by molar-refractivity contribution is -0.119. The van der Waals surface area contributed by atoms with Gasteiger partial charge in [0, 0.05) is 5.56 Å². The van der Waals surface area contributed by atoms with Crippen LogP contribution in [0.1, 0.15) is 26.3 Å². The van der Waals surface area contributed by atoms with E-state index in [0.717, 1.165) is 0 Å². The minimum atomic E-state index is -0.370. The second kappa shape index (κ2) is 8.52. The fourth-order valence-electron chi connectivity index (χ4n) is 3.09. The number of para-hydroxylation sites is 3. The van der Waals surface area contributed by atoms with Gasteiger partial charge in [-0.05, 0) is 37.8 Å². The van der Waals surface area contributed by atoms with Crippen LogP contribution in [0.5, 0.6) is 11.5 Å². The number of rotatable bonds is 7. The highest BCUT2D eigenvalue weighted by molar-refractivity contribution is 8.04. The monoisotopic (exact) mass is 397 g/mol. The average molecular weight is 397 g/mol. The predicted octanol–water partition coefficient (Wildman–Crippen LogP) is 4.52. The molecule has 3 rings (SSSR count). The zero-order valence-electron chi connectivity index (χ0n) is 16.4. The average Bonchev–Trinajstić information content (AvgIpc) is 2.92. The maximum atomic E-state index is 13.4. The smallest absolute Gasteiger partial charge is 0.272 e. The van der Waals surface area contributed by atoms with Crippen molar-refractivity contribution in [1.29, 1.82) is 0 Å². The Balaban J connectivity index is 2.13. The van der Waals surface area contributed by atoms with Crippen molar-refractivity contribution in [2.45, 2.75) is 26.9 Å². The number of carbonyl (C=O) groups is 2. The van der Waals surface area contributed by atoms with E-state index >= 15 is 0 Å². The van der Waals surface area contributed by atoms with Crippen LogP contribution < -0.4 is 14.4 Å². The van der Waals surface area contributed by atoms with Crippen LogP contribution >= 0.6 is 11.8 Å². The highest BCUT2D eigenvalue weighted by atomic mass is 32.2. The molecule has 0 N–H and O–H groups in total. The van der Waals surface area contributed by atoms with Crippen molar-refractivity contribution in [2.24, 2.45) is 0 Å². The lowest BCUT2D eigenvalue weighted by Crippen LogP contribution is -2.32. The number of anilines is 1. The first-order chi connectivity index (χ1) is 13.5. The van der Waals surface area contributed by atoms with Crippen LogP contribution in [0.15, 0.2) is 53.4 Å². The Morgan fingerprint density at radius 3 is 2.25 bits per heavy atom. The molecule has 0 aliphatic carbocycles. The quantitative estimate of drug-likeness (QED) is 0.643. The third-order valence-electron chi connectivity index (χ3n) is 4.18. The van der Waals surface area contributed by atoms with E-state index in [1.807, 2.05) is 39.0 Å². The third-order valence-corrected chi connectivity index (χ3v) is 5.13. The van der Waals surface area contributed by atoms with E-state index in [-0.39, 0.29) is 17.9 Å². The minimum Gasteiger partial charge on any atom is -0.496 e. The molecule has 2 amide bonds. The van der Waals surface area contributed by atoms with E-state index in [1.54, 1.807) is 37.4 Å². The summed E-state index contributed by atoms with van der Waals surface area (Å²) in [5.41, 5.74) is 1.43. The molecule has 146 valence electrons.